The van der Waals surface area contributed by atoms with Crippen molar-refractivity contribution in [1.29, 1.82) is 0 Å². The van der Waals surface area contributed by atoms with Crippen LogP contribution in [0.4, 0.5) is 0 Å². The third kappa shape index (κ3) is 5.74. The van der Waals surface area contributed by atoms with Gasteiger partial charge in [-0.1, -0.05) is 44.2 Å². The SMILES string of the molecule is O=C(O)C1CCCCC1C(=O)N(CCN1C2CCC1CC(c1cccc(O)c1)C2)CC1CCCCC1. The molecule has 0 aromatic heterocycles. The number of benzene rings is 1. The van der Waals surface area contributed by atoms with Gasteiger partial charge in [-0.25, -0.2) is 0 Å². The molecule has 0 radical (unpaired) electrons. The number of amides is 1. The molecule has 4 atom stereocenters. The molecule has 2 saturated heterocycles. The van der Waals surface area contributed by atoms with Crippen LogP contribution in [0.25, 0.3) is 0 Å². The number of phenolic OH excluding ortho intramolecular Hbond substituents is 1. The van der Waals surface area contributed by atoms with Crippen LogP contribution in [-0.2, 0) is 9.59 Å². The first kappa shape index (κ1) is 25.6. The Labute approximate surface area is 216 Å². The maximum atomic E-state index is 13.8. The minimum Gasteiger partial charge on any atom is -0.508 e. The van der Waals surface area contributed by atoms with Crippen molar-refractivity contribution >= 4 is 11.9 Å². The van der Waals surface area contributed by atoms with E-state index in [0.717, 1.165) is 51.7 Å². The Bertz CT molecular complexity index is 900. The number of rotatable bonds is 8. The van der Waals surface area contributed by atoms with E-state index >= 15 is 0 Å². The summed E-state index contributed by atoms with van der Waals surface area (Å²) >= 11 is 0. The molecule has 198 valence electrons. The smallest absolute Gasteiger partial charge is 0.307 e. The van der Waals surface area contributed by atoms with Gasteiger partial charge in [0, 0.05) is 31.7 Å². The van der Waals surface area contributed by atoms with Crippen LogP contribution in [0.3, 0.4) is 0 Å². The van der Waals surface area contributed by atoms with E-state index in [0.29, 0.717) is 36.1 Å². The summed E-state index contributed by atoms with van der Waals surface area (Å²) in [7, 11) is 0. The second kappa shape index (κ2) is 11.5. The fourth-order valence-electron chi connectivity index (χ4n) is 7.86. The highest BCUT2D eigenvalue weighted by Crippen LogP contribution is 2.43. The van der Waals surface area contributed by atoms with Crippen LogP contribution in [-0.4, -0.2) is 63.6 Å². The molecule has 36 heavy (non-hydrogen) atoms. The third-order valence-corrected chi connectivity index (χ3v) is 9.77. The van der Waals surface area contributed by atoms with Crippen molar-refractivity contribution in [2.24, 2.45) is 17.8 Å². The number of carboxylic acid groups (broad SMARTS) is 1. The maximum absolute atomic E-state index is 13.8. The monoisotopic (exact) mass is 496 g/mol. The van der Waals surface area contributed by atoms with E-state index in [2.05, 4.69) is 15.9 Å². The zero-order valence-corrected chi connectivity index (χ0v) is 21.7. The van der Waals surface area contributed by atoms with E-state index in [4.69, 9.17) is 0 Å². The summed E-state index contributed by atoms with van der Waals surface area (Å²) in [5.41, 5.74) is 1.25. The zero-order valence-electron chi connectivity index (χ0n) is 21.7. The van der Waals surface area contributed by atoms with Crippen LogP contribution < -0.4 is 0 Å². The Morgan fingerprint density at radius 2 is 1.56 bits per heavy atom. The second-order valence-corrected chi connectivity index (χ2v) is 12.0. The van der Waals surface area contributed by atoms with E-state index in [1.54, 1.807) is 6.07 Å². The first-order chi connectivity index (χ1) is 17.5. The standard InChI is InChI=1S/C30H44N2O4/c33-26-10-6-9-22(19-26)23-17-24-13-14-25(18-23)32(24)16-15-31(20-21-7-2-1-3-8-21)29(34)27-11-4-5-12-28(27)30(35)36/h6,9-10,19,21,23-25,27-28,33H,1-5,7-8,11-18,20H2,(H,35,36). The number of phenols is 1. The number of nitrogens with zero attached hydrogens (tertiary/aromatic N) is 2. The average Bonchev–Trinajstić information content (AvgIpc) is 3.12. The van der Waals surface area contributed by atoms with Gasteiger partial charge in [-0.05, 0) is 80.9 Å². The normalized spacial score (nSPS) is 31.3. The van der Waals surface area contributed by atoms with Crippen LogP contribution in [0.2, 0.25) is 0 Å². The second-order valence-electron chi connectivity index (χ2n) is 12.0. The molecule has 2 bridgehead atoms. The van der Waals surface area contributed by atoms with Crippen molar-refractivity contribution in [3.63, 3.8) is 0 Å². The van der Waals surface area contributed by atoms with Gasteiger partial charge in [-0.3, -0.25) is 14.5 Å². The largest absolute Gasteiger partial charge is 0.508 e. The van der Waals surface area contributed by atoms with E-state index in [-0.39, 0.29) is 11.8 Å². The minimum atomic E-state index is -0.794. The lowest BCUT2D eigenvalue weighted by Crippen LogP contribution is -2.50. The van der Waals surface area contributed by atoms with Crippen molar-refractivity contribution < 1.29 is 19.8 Å². The number of fused-ring (bicyclic) bond motifs is 2. The number of carboxylic acids is 1. The Kier molecular flexibility index (Phi) is 8.19. The first-order valence-corrected chi connectivity index (χ1v) is 14.6. The summed E-state index contributed by atoms with van der Waals surface area (Å²) in [5, 5.41) is 19.8. The first-order valence-electron chi connectivity index (χ1n) is 14.6. The van der Waals surface area contributed by atoms with E-state index in [9.17, 15) is 19.8 Å². The number of aromatic hydroxyl groups is 1. The van der Waals surface area contributed by atoms with E-state index in [1.807, 2.05) is 12.1 Å². The molecule has 6 heteroatoms. The van der Waals surface area contributed by atoms with Gasteiger partial charge in [0.1, 0.15) is 5.75 Å². The van der Waals surface area contributed by atoms with Gasteiger partial charge in [0.15, 0.2) is 0 Å². The van der Waals surface area contributed by atoms with Gasteiger partial charge in [-0.2, -0.15) is 0 Å². The van der Waals surface area contributed by atoms with Gasteiger partial charge in [0.25, 0.3) is 0 Å². The molecule has 2 aliphatic carbocycles. The molecule has 4 unspecified atom stereocenters. The molecule has 2 heterocycles. The molecule has 5 rings (SSSR count). The molecular weight excluding hydrogens is 452 g/mol. The highest BCUT2D eigenvalue weighted by Gasteiger charge is 2.42. The average molecular weight is 497 g/mol. The lowest BCUT2D eigenvalue weighted by atomic mass is 9.78. The number of hydrogen-bond donors (Lipinski definition) is 2. The number of piperidine rings is 1. The van der Waals surface area contributed by atoms with Gasteiger partial charge < -0.3 is 15.1 Å². The number of carbonyl (C=O) groups is 2. The number of carbonyl (C=O) groups excluding carboxylic acids is 1. The quantitative estimate of drug-likeness (QED) is 0.503. The molecular formula is C30H44N2O4. The highest BCUT2D eigenvalue weighted by atomic mass is 16.4. The Hall–Kier alpha value is -2.08. The molecule has 2 N–H and O–H groups in total. The van der Waals surface area contributed by atoms with Gasteiger partial charge in [0.2, 0.25) is 5.91 Å². The molecule has 6 nitrogen and oxygen atoms in total. The summed E-state index contributed by atoms with van der Waals surface area (Å²) in [6.07, 6.45) is 14.1. The molecule has 0 spiro atoms. The van der Waals surface area contributed by atoms with Crippen LogP contribution >= 0.6 is 0 Å². The predicted octanol–water partition coefficient (Wildman–Crippen LogP) is 5.40. The lowest BCUT2D eigenvalue weighted by Gasteiger charge is -2.41. The van der Waals surface area contributed by atoms with Crippen molar-refractivity contribution in [1.82, 2.24) is 9.80 Å². The highest BCUT2D eigenvalue weighted by molar-refractivity contribution is 5.85. The van der Waals surface area contributed by atoms with Gasteiger partial charge in [0.05, 0.1) is 11.8 Å². The molecule has 1 amide bonds. The zero-order chi connectivity index (χ0) is 25.1. The molecule has 2 aliphatic heterocycles. The number of hydrogen-bond acceptors (Lipinski definition) is 4. The van der Waals surface area contributed by atoms with E-state index < -0.39 is 11.9 Å². The molecule has 1 aromatic rings. The maximum Gasteiger partial charge on any atom is 0.307 e. The summed E-state index contributed by atoms with van der Waals surface area (Å²) in [6, 6.07) is 8.82. The van der Waals surface area contributed by atoms with Gasteiger partial charge >= 0.3 is 5.97 Å². The van der Waals surface area contributed by atoms with Crippen molar-refractivity contribution in [3.8, 4) is 5.75 Å². The molecule has 4 fully saturated rings. The van der Waals surface area contributed by atoms with Crippen molar-refractivity contribution in [2.45, 2.75) is 101 Å². The molecule has 1 aromatic carbocycles. The minimum absolute atomic E-state index is 0.106. The lowest BCUT2D eigenvalue weighted by molar-refractivity contribution is -0.152. The molecule has 2 saturated carbocycles. The van der Waals surface area contributed by atoms with Gasteiger partial charge in [-0.15, -0.1) is 0 Å². The van der Waals surface area contributed by atoms with Crippen LogP contribution in [0.5, 0.6) is 5.75 Å². The summed E-state index contributed by atoms with van der Waals surface area (Å²) < 4.78 is 0. The summed E-state index contributed by atoms with van der Waals surface area (Å²) in [5.74, 6) is -0.163. The molecule has 4 aliphatic rings. The van der Waals surface area contributed by atoms with Crippen molar-refractivity contribution in [3.05, 3.63) is 29.8 Å². The predicted molar refractivity (Wildman–Crippen MR) is 140 cm³/mol. The fourth-order valence-corrected chi connectivity index (χ4v) is 7.86. The summed E-state index contributed by atoms with van der Waals surface area (Å²) in [6.45, 7) is 2.42. The fraction of sp³-hybridized carbons (Fsp3) is 0.733. The third-order valence-electron chi connectivity index (χ3n) is 9.77. The Balaban J connectivity index is 1.25. The van der Waals surface area contributed by atoms with Crippen LogP contribution in [0.1, 0.15) is 95.0 Å². The van der Waals surface area contributed by atoms with Crippen LogP contribution in [0.15, 0.2) is 24.3 Å². The Morgan fingerprint density at radius 3 is 2.22 bits per heavy atom. The topological polar surface area (TPSA) is 81.1 Å². The van der Waals surface area contributed by atoms with Crippen LogP contribution in [0, 0.1) is 17.8 Å². The van der Waals surface area contributed by atoms with Crippen molar-refractivity contribution in [2.75, 3.05) is 19.6 Å². The van der Waals surface area contributed by atoms with E-state index in [1.165, 1.54) is 50.5 Å². The number of aliphatic carboxylic acids is 1. The summed E-state index contributed by atoms with van der Waals surface area (Å²) in [4.78, 5) is 30.5. The Morgan fingerprint density at radius 1 is 0.889 bits per heavy atom.